The maximum atomic E-state index is 13.8. The summed E-state index contributed by atoms with van der Waals surface area (Å²) in [7, 11) is 0. The topological polar surface area (TPSA) is 45.7 Å². The summed E-state index contributed by atoms with van der Waals surface area (Å²) in [6, 6.07) is 7.05. The number of rotatable bonds is 7. The molecule has 0 amide bonds. The minimum Gasteiger partial charge on any atom is -0.491 e. The molecule has 2 aromatic rings. The van der Waals surface area contributed by atoms with Crippen LogP contribution < -0.4 is 15.4 Å². The lowest BCUT2D eigenvalue weighted by molar-refractivity contribution is 0.321. The first-order valence-corrected chi connectivity index (χ1v) is 8.61. The van der Waals surface area contributed by atoms with Gasteiger partial charge in [-0.1, -0.05) is 6.07 Å². The Kier molecular flexibility index (Phi) is 9.70. The predicted molar refractivity (Wildman–Crippen MR) is 109 cm³/mol. The van der Waals surface area contributed by atoms with Gasteiger partial charge in [0.05, 0.1) is 13.2 Å². The minimum absolute atomic E-state index is 0. The molecule has 2 N–H and O–H groups in total. The first-order chi connectivity index (χ1) is 11.2. The summed E-state index contributed by atoms with van der Waals surface area (Å²) in [6.07, 6.45) is 0. The van der Waals surface area contributed by atoms with Crippen molar-refractivity contribution in [1.82, 2.24) is 10.6 Å². The Labute approximate surface area is 163 Å². The smallest absolute Gasteiger partial charge is 0.191 e. The molecule has 7 heteroatoms. The van der Waals surface area contributed by atoms with Crippen molar-refractivity contribution in [2.75, 3.05) is 13.2 Å². The monoisotopic (exact) mass is 463 g/mol. The zero-order valence-electron chi connectivity index (χ0n) is 13.8. The summed E-state index contributed by atoms with van der Waals surface area (Å²) in [5, 5.41) is 10.5. The van der Waals surface area contributed by atoms with E-state index in [9.17, 15) is 4.39 Å². The number of benzene rings is 1. The van der Waals surface area contributed by atoms with Gasteiger partial charge in [0, 0.05) is 13.1 Å². The molecule has 132 valence electrons. The molecule has 0 fully saturated rings. The van der Waals surface area contributed by atoms with E-state index in [4.69, 9.17) is 4.74 Å². The second kappa shape index (κ2) is 11.2. The fourth-order valence-electron chi connectivity index (χ4n) is 2.01. The molecule has 0 bridgehead atoms. The lowest BCUT2D eigenvalue weighted by Gasteiger charge is -2.12. The van der Waals surface area contributed by atoms with E-state index in [1.165, 1.54) is 11.6 Å². The molecule has 0 radical (unpaired) electrons. The minimum atomic E-state index is -0.341. The van der Waals surface area contributed by atoms with Gasteiger partial charge in [-0.15, -0.1) is 24.0 Å². The molecule has 0 aliphatic carbocycles. The van der Waals surface area contributed by atoms with Gasteiger partial charge in [-0.05, 0) is 53.9 Å². The molecule has 0 spiro atoms. The van der Waals surface area contributed by atoms with E-state index in [0.717, 1.165) is 12.1 Å². The van der Waals surface area contributed by atoms with Crippen LogP contribution in [0.1, 0.15) is 25.0 Å². The Morgan fingerprint density at radius 2 is 2.04 bits per heavy atom. The van der Waals surface area contributed by atoms with Crippen LogP contribution in [0.5, 0.6) is 5.75 Å². The molecule has 0 unspecified atom stereocenters. The van der Waals surface area contributed by atoms with Crippen LogP contribution in [0.3, 0.4) is 0 Å². The molecular weight excluding hydrogens is 440 g/mol. The van der Waals surface area contributed by atoms with Gasteiger partial charge in [0.25, 0.3) is 0 Å². The van der Waals surface area contributed by atoms with E-state index >= 15 is 0 Å². The van der Waals surface area contributed by atoms with E-state index in [1.54, 1.807) is 17.4 Å². The molecule has 2 rings (SSSR count). The molecule has 0 aliphatic rings. The van der Waals surface area contributed by atoms with Crippen molar-refractivity contribution in [3.05, 3.63) is 52.0 Å². The van der Waals surface area contributed by atoms with E-state index in [-0.39, 0.29) is 35.5 Å². The van der Waals surface area contributed by atoms with Gasteiger partial charge >= 0.3 is 0 Å². The second-order valence-corrected chi connectivity index (χ2v) is 5.66. The largest absolute Gasteiger partial charge is 0.491 e. The zero-order chi connectivity index (χ0) is 16.5. The van der Waals surface area contributed by atoms with Crippen LogP contribution in [0.2, 0.25) is 0 Å². The van der Waals surface area contributed by atoms with E-state index < -0.39 is 0 Å². The van der Waals surface area contributed by atoms with E-state index in [2.05, 4.69) is 27.1 Å². The number of nitrogens with one attached hydrogen (secondary N) is 2. The van der Waals surface area contributed by atoms with Crippen LogP contribution in [0.4, 0.5) is 4.39 Å². The molecule has 24 heavy (non-hydrogen) atoms. The maximum Gasteiger partial charge on any atom is 0.191 e. The number of halogens is 2. The highest BCUT2D eigenvalue weighted by atomic mass is 127. The average molecular weight is 463 g/mol. The molecule has 4 nitrogen and oxygen atoms in total. The third-order valence-electron chi connectivity index (χ3n) is 3.10. The fourth-order valence-corrected chi connectivity index (χ4v) is 2.67. The van der Waals surface area contributed by atoms with Crippen LogP contribution >= 0.6 is 35.3 Å². The van der Waals surface area contributed by atoms with Gasteiger partial charge < -0.3 is 15.4 Å². The number of guanidine groups is 1. The Bertz CT molecular complexity index is 635. The van der Waals surface area contributed by atoms with Crippen molar-refractivity contribution in [2.45, 2.75) is 26.9 Å². The molecule has 1 aromatic carbocycles. The van der Waals surface area contributed by atoms with Crippen molar-refractivity contribution in [2.24, 2.45) is 4.99 Å². The average Bonchev–Trinajstić information content (AvgIpc) is 3.06. The van der Waals surface area contributed by atoms with Crippen LogP contribution in [0.15, 0.2) is 40.0 Å². The number of aliphatic imine (C=N–C) groups is 1. The maximum absolute atomic E-state index is 13.8. The van der Waals surface area contributed by atoms with Crippen molar-refractivity contribution < 1.29 is 9.13 Å². The van der Waals surface area contributed by atoms with Crippen LogP contribution in [-0.2, 0) is 13.1 Å². The van der Waals surface area contributed by atoms with Gasteiger partial charge in [-0.2, -0.15) is 11.3 Å². The molecule has 0 saturated carbocycles. The summed E-state index contributed by atoms with van der Waals surface area (Å²) in [5.74, 6) is 0.661. The van der Waals surface area contributed by atoms with Gasteiger partial charge in [-0.3, -0.25) is 0 Å². The highest BCUT2D eigenvalue weighted by molar-refractivity contribution is 14.0. The first kappa shape index (κ1) is 20.7. The molecule has 0 aliphatic heterocycles. The second-order valence-electron chi connectivity index (χ2n) is 4.88. The third kappa shape index (κ3) is 6.64. The van der Waals surface area contributed by atoms with Crippen LogP contribution in [-0.4, -0.2) is 19.1 Å². The fraction of sp³-hybridized carbons (Fsp3) is 0.353. The van der Waals surface area contributed by atoms with Crippen molar-refractivity contribution in [3.8, 4) is 5.75 Å². The third-order valence-corrected chi connectivity index (χ3v) is 3.83. The summed E-state index contributed by atoms with van der Waals surface area (Å²) in [6.45, 7) is 6.19. The standard InChI is InChI=1S/C17H22FN3OS.HI/c1-3-19-17(21-11-14-7-8-23-12-14)20-10-13-5-6-16(22-4-2)15(18)9-13;/h5-9,12H,3-4,10-11H2,1-2H3,(H2,19,20,21);1H. The lowest BCUT2D eigenvalue weighted by atomic mass is 10.2. The Balaban J connectivity index is 0.00000288. The SMILES string of the molecule is CCNC(=NCc1ccsc1)NCc1ccc(OCC)c(F)c1.I. The molecule has 0 saturated heterocycles. The van der Waals surface area contributed by atoms with Gasteiger partial charge in [0.2, 0.25) is 0 Å². The Morgan fingerprint density at radius 3 is 2.67 bits per heavy atom. The number of hydrogen-bond donors (Lipinski definition) is 2. The van der Waals surface area contributed by atoms with Crippen molar-refractivity contribution in [3.63, 3.8) is 0 Å². The summed E-state index contributed by atoms with van der Waals surface area (Å²) in [5.41, 5.74) is 2.02. The normalized spacial score (nSPS) is 10.9. The molecule has 1 aromatic heterocycles. The highest BCUT2D eigenvalue weighted by Crippen LogP contribution is 2.18. The number of thiophene rings is 1. The number of nitrogens with zero attached hydrogens (tertiary/aromatic N) is 1. The summed E-state index contributed by atoms with van der Waals surface area (Å²) >= 11 is 1.66. The number of ether oxygens (including phenoxy) is 1. The highest BCUT2D eigenvalue weighted by Gasteiger charge is 2.05. The van der Waals surface area contributed by atoms with Crippen LogP contribution in [0, 0.1) is 5.82 Å². The van der Waals surface area contributed by atoms with E-state index in [1.807, 2.05) is 25.3 Å². The molecular formula is C17H23FIN3OS. The molecule has 1 heterocycles. The lowest BCUT2D eigenvalue weighted by Crippen LogP contribution is -2.36. The quantitative estimate of drug-likeness (QED) is 0.368. The van der Waals surface area contributed by atoms with Crippen molar-refractivity contribution >= 4 is 41.3 Å². The van der Waals surface area contributed by atoms with E-state index in [0.29, 0.717) is 25.7 Å². The predicted octanol–water partition coefficient (Wildman–Crippen LogP) is 4.16. The van der Waals surface area contributed by atoms with Crippen molar-refractivity contribution in [1.29, 1.82) is 0 Å². The number of hydrogen-bond acceptors (Lipinski definition) is 3. The Hall–Kier alpha value is -1.35. The van der Waals surface area contributed by atoms with Gasteiger partial charge in [0.1, 0.15) is 0 Å². The zero-order valence-corrected chi connectivity index (χ0v) is 17.0. The summed E-state index contributed by atoms with van der Waals surface area (Å²) in [4.78, 5) is 4.52. The van der Waals surface area contributed by atoms with Gasteiger partial charge in [0.15, 0.2) is 17.5 Å². The van der Waals surface area contributed by atoms with Crippen LogP contribution in [0.25, 0.3) is 0 Å². The molecule has 0 atom stereocenters. The van der Waals surface area contributed by atoms with Gasteiger partial charge in [-0.25, -0.2) is 9.38 Å². The first-order valence-electron chi connectivity index (χ1n) is 7.67. The Morgan fingerprint density at radius 1 is 1.21 bits per heavy atom. The summed E-state index contributed by atoms with van der Waals surface area (Å²) < 4.78 is 19.1.